The van der Waals surface area contributed by atoms with Gasteiger partial charge in [-0.3, -0.25) is 0 Å². The number of fused-ring (bicyclic) bond motifs is 11. The predicted molar refractivity (Wildman–Crippen MR) is 234 cm³/mol. The zero-order valence-corrected chi connectivity index (χ0v) is 31.7. The first-order chi connectivity index (χ1) is 26.8. The molecule has 55 heavy (non-hydrogen) atoms. The van der Waals surface area contributed by atoms with Crippen molar-refractivity contribution in [2.75, 3.05) is 4.90 Å². The van der Waals surface area contributed by atoms with Crippen molar-refractivity contribution >= 4 is 49.4 Å². The number of hydrogen-bond acceptors (Lipinski definition) is 1. The summed E-state index contributed by atoms with van der Waals surface area (Å²) in [6.45, 7) is 9.44. The Morgan fingerprint density at radius 1 is 0.345 bits per heavy atom. The van der Waals surface area contributed by atoms with Crippen LogP contribution in [0.1, 0.15) is 49.9 Å². The molecular weight excluding hydrogens is 663 g/mol. The number of benzene rings is 9. The molecule has 0 saturated heterocycles. The van der Waals surface area contributed by atoms with Gasteiger partial charge < -0.3 is 4.90 Å². The Morgan fingerprint density at radius 2 is 0.909 bits per heavy atom. The van der Waals surface area contributed by atoms with Gasteiger partial charge in [0.2, 0.25) is 0 Å². The van der Waals surface area contributed by atoms with Crippen LogP contribution in [-0.4, -0.2) is 0 Å². The topological polar surface area (TPSA) is 3.24 Å². The third-order valence-electron chi connectivity index (χ3n) is 12.9. The van der Waals surface area contributed by atoms with E-state index in [1.54, 1.807) is 0 Å². The van der Waals surface area contributed by atoms with Crippen LogP contribution < -0.4 is 4.90 Å². The van der Waals surface area contributed by atoms with E-state index < -0.39 is 0 Å². The fourth-order valence-corrected chi connectivity index (χ4v) is 10.00. The van der Waals surface area contributed by atoms with Gasteiger partial charge >= 0.3 is 0 Å². The standard InChI is InChI=1S/C54H41N/c1-53(2)47-16-9-7-14-43(47)46-33-39(28-31-49(46)53)55(51-19-11-18-50-52(51)44-15-8-10-17-48(44)54(50,3)4)38-26-22-34(23-27-38)37-21-20-36-25-29-41-40-13-6-5-12-35(40)24-30-42(41)45(36)32-37/h5-33H,1-4H3. The van der Waals surface area contributed by atoms with Crippen molar-refractivity contribution in [1.29, 1.82) is 0 Å². The van der Waals surface area contributed by atoms with Gasteiger partial charge in [-0.2, -0.15) is 0 Å². The number of anilines is 3. The third kappa shape index (κ3) is 4.60. The van der Waals surface area contributed by atoms with Crippen LogP contribution in [0.4, 0.5) is 17.1 Å². The number of nitrogens with zero attached hydrogens (tertiary/aromatic N) is 1. The highest BCUT2D eigenvalue weighted by Crippen LogP contribution is 2.55. The minimum atomic E-state index is -0.0924. The summed E-state index contributed by atoms with van der Waals surface area (Å²) in [6, 6.07) is 65.9. The fraction of sp³-hybridized carbons (Fsp3) is 0.111. The molecular formula is C54H41N. The Labute approximate surface area is 323 Å². The molecule has 0 bridgehead atoms. The lowest BCUT2D eigenvalue weighted by molar-refractivity contribution is 0.660. The van der Waals surface area contributed by atoms with Crippen molar-refractivity contribution in [3.8, 4) is 33.4 Å². The molecule has 2 aliphatic carbocycles. The monoisotopic (exact) mass is 703 g/mol. The summed E-state index contributed by atoms with van der Waals surface area (Å²) in [5, 5.41) is 7.72. The summed E-state index contributed by atoms with van der Waals surface area (Å²) in [5.74, 6) is 0. The average Bonchev–Trinajstić information content (AvgIpc) is 3.60. The van der Waals surface area contributed by atoms with Gasteiger partial charge in [0.1, 0.15) is 0 Å². The molecule has 0 spiro atoms. The summed E-state index contributed by atoms with van der Waals surface area (Å²) < 4.78 is 0. The maximum Gasteiger partial charge on any atom is 0.0543 e. The summed E-state index contributed by atoms with van der Waals surface area (Å²) in [7, 11) is 0. The lowest BCUT2D eigenvalue weighted by atomic mass is 9.82. The second-order valence-corrected chi connectivity index (χ2v) is 16.5. The van der Waals surface area contributed by atoms with Crippen LogP contribution >= 0.6 is 0 Å². The molecule has 2 aliphatic rings. The van der Waals surface area contributed by atoms with E-state index in [0.29, 0.717) is 0 Å². The van der Waals surface area contributed by atoms with Crippen molar-refractivity contribution in [3.05, 3.63) is 198 Å². The van der Waals surface area contributed by atoms with Crippen LogP contribution in [0.25, 0.3) is 65.7 Å². The molecule has 0 aliphatic heterocycles. The Kier molecular flexibility index (Phi) is 6.72. The van der Waals surface area contributed by atoms with Crippen LogP contribution in [0.2, 0.25) is 0 Å². The lowest BCUT2D eigenvalue weighted by Gasteiger charge is -2.30. The van der Waals surface area contributed by atoms with E-state index in [1.807, 2.05) is 0 Å². The maximum atomic E-state index is 2.49. The van der Waals surface area contributed by atoms with E-state index in [1.165, 1.54) is 99.3 Å². The smallest absolute Gasteiger partial charge is 0.0543 e. The van der Waals surface area contributed by atoms with Crippen LogP contribution in [0.15, 0.2) is 176 Å². The first-order valence-electron chi connectivity index (χ1n) is 19.5. The molecule has 0 aromatic heterocycles. The molecule has 0 fully saturated rings. The van der Waals surface area contributed by atoms with E-state index in [9.17, 15) is 0 Å². The van der Waals surface area contributed by atoms with Crippen molar-refractivity contribution in [2.45, 2.75) is 38.5 Å². The van der Waals surface area contributed by atoms with Crippen LogP contribution in [0, 0.1) is 0 Å². The molecule has 9 aromatic rings. The Bertz CT molecular complexity index is 3030. The zero-order valence-electron chi connectivity index (χ0n) is 31.7. The third-order valence-corrected chi connectivity index (χ3v) is 12.9. The minimum absolute atomic E-state index is 0.0494. The first kappa shape index (κ1) is 32.0. The van der Waals surface area contributed by atoms with Crippen molar-refractivity contribution < 1.29 is 0 Å². The Balaban J connectivity index is 1.08. The molecule has 0 N–H and O–H groups in total. The van der Waals surface area contributed by atoms with E-state index in [0.717, 1.165) is 5.69 Å². The van der Waals surface area contributed by atoms with Crippen molar-refractivity contribution in [1.82, 2.24) is 0 Å². The second-order valence-electron chi connectivity index (χ2n) is 16.5. The normalized spacial score (nSPS) is 14.5. The molecule has 0 unspecified atom stereocenters. The zero-order chi connectivity index (χ0) is 37.1. The SMILES string of the molecule is CC1(C)c2ccccc2-c2cc(N(c3ccc(-c4ccc5ccc6c7ccccc7ccc6c5c4)cc3)c3cccc4c3-c3ccccc3C4(C)C)ccc21. The summed E-state index contributed by atoms with van der Waals surface area (Å²) >= 11 is 0. The molecule has 0 atom stereocenters. The summed E-state index contributed by atoms with van der Waals surface area (Å²) in [6.07, 6.45) is 0. The molecule has 1 nitrogen and oxygen atoms in total. The maximum absolute atomic E-state index is 2.49. The van der Waals surface area contributed by atoms with E-state index >= 15 is 0 Å². The average molecular weight is 704 g/mol. The fourth-order valence-electron chi connectivity index (χ4n) is 10.00. The second kappa shape index (κ2) is 11.5. The predicted octanol–water partition coefficient (Wildman–Crippen LogP) is 14.9. The van der Waals surface area contributed by atoms with Crippen LogP contribution in [0.3, 0.4) is 0 Å². The van der Waals surface area contributed by atoms with Crippen molar-refractivity contribution in [2.24, 2.45) is 0 Å². The van der Waals surface area contributed by atoms with Crippen LogP contribution in [-0.2, 0) is 10.8 Å². The van der Waals surface area contributed by atoms with Gasteiger partial charge in [-0.25, -0.2) is 0 Å². The van der Waals surface area contributed by atoms with Crippen LogP contribution in [0.5, 0.6) is 0 Å². The van der Waals surface area contributed by atoms with Gasteiger partial charge in [0.25, 0.3) is 0 Å². The molecule has 9 aromatic carbocycles. The Hall–Kier alpha value is -6.44. The largest absolute Gasteiger partial charge is 0.310 e. The number of rotatable bonds is 4. The number of hydrogen-bond donors (Lipinski definition) is 0. The quantitative estimate of drug-likeness (QED) is 0.165. The first-order valence-corrected chi connectivity index (χ1v) is 19.5. The van der Waals surface area contributed by atoms with Gasteiger partial charge in [0.05, 0.1) is 5.69 Å². The lowest BCUT2D eigenvalue weighted by Crippen LogP contribution is -2.16. The molecule has 0 heterocycles. The van der Waals surface area contributed by atoms with Crippen molar-refractivity contribution in [3.63, 3.8) is 0 Å². The van der Waals surface area contributed by atoms with Gasteiger partial charge in [-0.15, -0.1) is 0 Å². The van der Waals surface area contributed by atoms with Gasteiger partial charge in [-0.1, -0.05) is 167 Å². The van der Waals surface area contributed by atoms with Gasteiger partial charge in [0.15, 0.2) is 0 Å². The molecule has 0 amide bonds. The summed E-state index contributed by atoms with van der Waals surface area (Å²) in [4.78, 5) is 2.49. The Morgan fingerprint density at radius 3 is 1.71 bits per heavy atom. The highest BCUT2D eigenvalue weighted by molar-refractivity contribution is 6.17. The highest BCUT2D eigenvalue weighted by atomic mass is 15.1. The molecule has 1 heteroatoms. The summed E-state index contributed by atoms with van der Waals surface area (Å²) in [5.41, 5.74) is 16.6. The minimum Gasteiger partial charge on any atom is -0.310 e. The van der Waals surface area contributed by atoms with Gasteiger partial charge in [-0.05, 0) is 119 Å². The molecule has 11 rings (SSSR count). The van der Waals surface area contributed by atoms with E-state index in [4.69, 9.17) is 0 Å². The molecule has 0 radical (unpaired) electrons. The highest BCUT2D eigenvalue weighted by Gasteiger charge is 2.39. The van der Waals surface area contributed by atoms with E-state index in [-0.39, 0.29) is 10.8 Å². The molecule has 262 valence electrons. The molecule has 0 saturated carbocycles. The van der Waals surface area contributed by atoms with Gasteiger partial charge in [0, 0.05) is 27.8 Å². The van der Waals surface area contributed by atoms with E-state index in [2.05, 4.69) is 209 Å².